The van der Waals surface area contributed by atoms with Gasteiger partial charge in [-0.25, -0.2) is 13.4 Å². The van der Waals surface area contributed by atoms with E-state index in [0.29, 0.717) is 32.7 Å². The summed E-state index contributed by atoms with van der Waals surface area (Å²) in [6, 6.07) is 0. The van der Waals surface area contributed by atoms with Gasteiger partial charge >= 0.3 is 0 Å². The second-order valence-electron chi connectivity index (χ2n) is 6.60. The van der Waals surface area contributed by atoms with Gasteiger partial charge in [0.05, 0.1) is 25.0 Å². The Kier molecular flexibility index (Phi) is 8.46. The van der Waals surface area contributed by atoms with E-state index in [9.17, 15) is 8.42 Å². The van der Waals surface area contributed by atoms with Gasteiger partial charge in [0.2, 0.25) is 10.0 Å². The summed E-state index contributed by atoms with van der Waals surface area (Å²) in [5.41, 5.74) is 0. The molecule has 0 spiro atoms. The lowest BCUT2D eigenvalue weighted by Gasteiger charge is -2.35. The minimum absolute atomic E-state index is 0.0297. The number of hydrogen-bond donors (Lipinski definition) is 1. The van der Waals surface area contributed by atoms with Crippen molar-refractivity contribution in [3.8, 4) is 0 Å². The van der Waals surface area contributed by atoms with Crippen molar-refractivity contribution >= 4 is 27.3 Å². The Labute approximate surface area is 166 Å². The predicted molar refractivity (Wildman–Crippen MR) is 110 cm³/mol. The Morgan fingerprint density at radius 1 is 1.37 bits per heavy atom. The summed E-state index contributed by atoms with van der Waals surface area (Å²) in [5, 5.41) is 4.36. The average Bonchev–Trinajstić information content (AvgIpc) is 3.10. The minimum atomic E-state index is -3.28. The fraction of sp³-hybridized carbons (Fsp3) is 0.765. The van der Waals surface area contributed by atoms with Crippen LogP contribution >= 0.6 is 11.3 Å². The highest BCUT2D eigenvalue weighted by Gasteiger charge is 2.28. The molecule has 1 N–H and O–H groups in total. The number of nitrogens with one attached hydrogen (secondary N) is 1. The normalized spacial score (nSPS) is 16.9. The van der Waals surface area contributed by atoms with Crippen molar-refractivity contribution in [1.82, 2.24) is 19.5 Å². The zero-order valence-electron chi connectivity index (χ0n) is 16.6. The zero-order chi connectivity index (χ0) is 19.9. The molecule has 1 aliphatic rings. The van der Waals surface area contributed by atoms with E-state index in [4.69, 9.17) is 4.74 Å². The Bertz CT molecular complexity index is 710. The van der Waals surface area contributed by atoms with E-state index in [0.717, 1.165) is 17.4 Å². The molecular weight excluding hydrogens is 386 g/mol. The number of ether oxygens (including phenoxy) is 1. The van der Waals surface area contributed by atoms with Crippen molar-refractivity contribution in [1.29, 1.82) is 0 Å². The number of thiazole rings is 1. The number of piperazine rings is 1. The quantitative estimate of drug-likeness (QED) is 0.504. The summed E-state index contributed by atoms with van der Waals surface area (Å²) in [6.45, 7) is 8.93. The van der Waals surface area contributed by atoms with E-state index in [1.165, 1.54) is 4.88 Å². The first-order valence-corrected chi connectivity index (χ1v) is 11.8. The molecule has 0 atom stereocenters. The van der Waals surface area contributed by atoms with Crippen LogP contribution in [0.2, 0.25) is 0 Å². The van der Waals surface area contributed by atoms with Crippen LogP contribution in [0.3, 0.4) is 0 Å². The van der Waals surface area contributed by atoms with Crippen LogP contribution in [0.25, 0.3) is 0 Å². The molecule has 2 heterocycles. The summed E-state index contributed by atoms with van der Waals surface area (Å²) in [7, 11) is -1.53. The highest BCUT2D eigenvalue weighted by Crippen LogP contribution is 2.13. The maximum absolute atomic E-state index is 12.4. The van der Waals surface area contributed by atoms with Gasteiger partial charge in [-0.15, -0.1) is 11.3 Å². The first-order valence-electron chi connectivity index (χ1n) is 9.34. The van der Waals surface area contributed by atoms with Gasteiger partial charge in [0.1, 0.15) is 5.01 Å². The molecule has 0 saturated carbocycles. The van der Waals surface area contributed by atoms with Crippen molar-refractivity contribution in [2.75, 3.05) is 45.6 Å². The summed E-state index contributed by atoms with van der Waals surface area (Å²) < 4.78 is 31.8. The molecule has 1 aromatic heterocycles. The molecule has 154 valence electrons. The van der Waals surface area contributed by atoms with Gasteiger partial charge in [0.15, 0.2) is 5.96 Å². The van der Waals surface area contributed by atoms with Crippen LogP contribution in [-0.2, 0) is 27.7 Å². The van der Waals surface area contributed by atoms with Crippen molar-refractivity contribution in [3.63, 3.8) is 0 Å². The van der Waals surface area contributed by atoms with Crippen molar-refractivity contribution < 1.29 is 13.2 Å². The molecule has 10 heteroatoms. The molecule has 1 aliphatic heterocycles. The third-order valence-corrected chi connectivity index (χ3v) is 7.26. The number of aliphatic imine (C=N–C) groups is 1. The molecule has 1 fully saturated rings. The first-order chi connectivity index (χ1) is 12.9. The van der Waals surface area contributed by atoms with Gasteiger partial charge in [-0.2, -0.15) is 4.31 Å². The molecule has 0 amide bonds. The summed E-state index contributed by atoms with van der Waals surface area (Å²) >= 11 is 1.70. The molecule has 27 heavy (non-hydrogen) atoms. The molecule has 0 aromatic carbocycles. The van der Waals surface area contributed by atoms with Crippen molar-refractivity contribution in [2.24, 2.45) is 4.99 Å². The van der Waals surface area contributed by atoms with Crippen molar-refractivity contribution in [3.05, 3.63) is 16.1 Å². The number of aromatic nitrogens is 1. The standard InChI is InChI=1S/C17H31N5O3S2/c1-5-15-12-19-16(26-15)13-20-17(18-4)21-6-8-22(9-7-21)27(23,24)11-10-25-14(2)3/h12,14H,5-11,13H2,1-4H3,(H,18,20). The van der Waals surface area contributed by atoms with Crippen LogP contribution in [0, 0.1) is 0 Å². The second-order valence-corrected chi connectivity index (χ2v) is 9.88. The van der Waals surface area contributed by atoms with Crippen LogP contribution in [0.15, 0.2) is 11.2 Å². The lowest BCUT2D eigenvalue weighted by molar-refractivity contribution is 0.0904. The number of aryl methyl sites for hydroxylation is 1. The molecule has 1 aromatic rings. The molecule has 8 nitrogen and oxygen atoms in total. The molecule has 2 rings (SSSR count). The van der Waals surface area contributed by atoms with Crippen molar-refractivity contribution in [2.45, 2.75) is 39.8 Å². The van der Waals surface area contributed by atoms with Crippen LogP contribution in [-0.4, -0.2) is 80.3 Å². The van der Waals surface area contributed by atoms with Gasteiger partial charge in [-0.1, -0.05) is 6.92 Å². The fourth-order valence-electron chi connectivity index (χ4n) is 2.78. The Balaban J connectivity index is 1.82. The third-order valence-electron chi connectivity index (χ3n) is 4.28. The van der Waals surface area contributed by atoms with Crippen LogP contribution in [0.5, 0.6) is 0 Å². The van der Waals surface area contributed by atoms with Gasteiger partial charge < -0.3 is 15.0 Å². The van der Waals surface area contributed by atoms with Gasteiger partial charge in [-0.3, -0.25) is 4.99 Å². The van der Waals surface area contributed by atoms with E-state index < -0.39 is 10.0 Å². The highest BCUT2D eigenvalue weighted by atomic mass is 32.2. The summed E-state index contributed by atoms with van der Waals surface area (Å²) in [5.74, 6) is 0.811. The third kappa shape index (κ3) is 6.70. The number of rotatable bonds is 8. The van der Waals surface area contributed by atoms with Gasteiger partial charge in [-0.05, 0) is 20.3 Å². The summed E-state index contributed by atoms with van der Waals surface area (Å²) in [6.07, 6.45) is 2.94. The van der Waals surface area contributed by atoms with Crippen LogP contribution in [0.4, 0.5) is 0 Å². The Morgan fingerprint density at radius 3 is 2.63 bits per heavy atom. The lowest BCUT2D eigenvalue weighted by atomic mass is 10.4. The average molecular weight is 418 g/mol. The van der Waals surface area contributed by atoms with E-state index >= 15 is 0 Å². The SMILES string of the molecule is CCc1cnc(CNC(=NC)N2CCN(S(=O)(=O)CCOC(C)C)CC2)s1. The fourth-order valence-corrected chi connectivity index (χ4v) is 4.86. The number of guanidine groups is 1. The largest absolute Gasteiger partial charge is 0.378 e. The van der Waals surface area contributed by atoms with Crippen LogP contribution < -0.4 is 5.32 Å². The second kappa shape index (κ2) is 10.4. The molecular formula is C17H31N5O3S2. The number of sulfonamides is 1. The minimum Gasteiger partial charge on any atom is -0.378 e. The van der Waals surface area contributed by atoms with Gasteiger partial charge in [0.25, 0.3) is 0 Å². The summed E-state index contributed by atoms with van der Waals surface area (Å²) in [4.78, 5) is 12.1. The smallest absolute Gasteiger partial charge is 0.216 e. The maximum atomic E-state index is 12.4. The van der Waals surface area contributed by atoms with E-state index in [-0.39, 0.29) is 18.5 Å². The topological polar surface area (TPSA) is 87.1 Å². The lowest BCUT2D eigenvalue weighted by Crippen LogP contribution is -2.54. The predicted octanol–water partition coefficient (Wildman–Crippen LogP) is 1.15. The monoisotopic (exact) mass is 417 g/mol. The molecule has 0 radical (unpaired) electrons. The molecule has 0 unspecified atom stereocenters. The van der Waals surface area contributed by atoms with E-state index in [1.54, 1.807) is 22.7 Å². The Morgan fingerprint density at radius 2 is 2.07 bits per heavy atom. The molecule has 1 saturated heterocycles. The molecule has 0 bridgehead atoms. The number of nitrogens with zero attached hydrogens (tertiary/aromatic N) is 4. The Hall–Kier alpha value is -1.23. The highest BCUT2D eigenvalue weighted by molar-refractivity contribution is 7.89. The van der Waals surface area contributed by atoms with Crippen LogP contribution in [0.1, 0.15) is 30.7 Å². The molecule has 0 aliphatic carbocycles. The number of hydrogen-bond acceptors (Lipinski definition) is 6. The first kappa shape index (κ1) is 22.1. The van der Waals surface area contributed by atoms with Gasteiger partial charge in [0, 0.05) is 44.3 Å². The van der Waals surface area contributed by atoms with E-state index in [1.807, 2.05) is 20.0 Å². The maximum Gasteiger partial charge on any atom is 0.216 e. The zero-order valence-corrected chi connectivity index (χ0v) is 18.3. The van der Waals surface area contributed by atoms with E-state index in [2.05, 4.69) is 27.1 Å².